The van der Waals surface area contributed by atoms with Crippen LogP contribution >= 0.6 is 34.8 Å². The number of aromatic nitrogens is 4. The SMILES string of the molecule is NC(=O)C1CCC(n2c(Nc3c(Cl)cc(Cl)cc3Cl)nc3cnc(N[C@@H]4CCC[C@H](O)C4)nc32)CC1. The molecule has 5 rings (SSSR count). The van der Waals surface area contributed by atoms with Gasteiger partial charge in [-0.25, -0.2) is 9.97 Å². The highest BCUT2D eigenvalue weighted by atomic mass is 35.5. The number of benzene rings is 1. The van der Waals surface area contributed by atoms with Gasteiger partial charge in [0.15, 0.2) is 5.65 Å². The number of imidazole rings is 1. The molecule has 3 aromatic rings. The van der Waals surface area contributed by atoms with E-state index in [0.29, 0.717) is 63.1 Å². The van der Waals surface area contributed by atoms with Gasteiger partial charge in [-0.3, -0.25) is 9.36 Å². The Kier molecular flexibility index (Phi) is 7.44. The average Bonchev–Trinajstić information content (AvgIpc) is 3.18. The molecule has 9 nitrogen and oxygen atoms in total. The fourth-order valence-corrected chi connectivity index (χ4v) is 6.18. The molecule has 0 radical (unpaired) electrons. The van der Waals surface area contributed by atoms with E-state index in [4.69, 9.17) is 50.5 Å². The van der Waals surface area contributed by atoms with Crippen LogP contribution < -0.4 is 16.4 Å². The van der Waals surface area contributed by atoms with Gasteiger partial charge in [-0.2, -0.15) is 4.98 Å². The summed E-state index contributed by atoms with van der Waals surface area (Å²) in [5.74, 6) is 0.628. The Bertz CT molecular complexity index is 1250. The van der Waals surface area contributed by atoms with E-state index in [9.17, 15) is 9.90 Å². The maximum Gasteiger partial charge on any atom is 0.224 e. The van der Waals surface area contributed by atoms with Crippen molar-refractivity contribution in [3.8, 4) is 0 Å². The second kappa shape index (κ2) is 10.6. The van der Waals surface area contributed by atoms with Gasteiger partial charge in [0, 0.05) is 23.0 Å². The Balaban J connectivity index is 1.51. The summed E-state index contributed by atoms with van der Waals surface area (Å²) in [5.41, 5.74) is 7.33. The monoisotopic (exact) mass is 551 g/mol. The van der Waals surface area contributed by atoms with Crippen molar-refractivity contribution in [2.45, 2.75) is 69.6 Å². The van der Waals surface area contributed by atoms with Gasteiger partial charge in [0.2, 0.25) is 17.8 Å². The number of anilines is 3. The number of aliphatic hydroxyl groups is 1. The number of carbonyl (C=O) groups is 1. The van der Waals surface area contributed by atoms with Crippen LogP contribution in [0.4, 0.5) is 17.6 Å². The third-order valence-corrected chi connectivity index (χ3v) is 7.93. The van der Waals surface area contributed by atoms with Crippen molar-refractivity contribution in [2.75, 3.05) is 10.6 Å². The molecule has 0 aliphatic heterocycles. The lowest BCUT2D eigenvalue weighted by Gasteiger charge is -2.29. The molecule has 2 saturated carbocycles. The molecule has 0 saturated heterocycles. The van der Waals surface area contributed by atoms with Crippen molar-refractivity contribution < 1.29 is 9.90 Å². The van der Waals surface area contributed by atoms with E-state index >= 15 is 0 Å². The molecule has 0 spiro atoms. The van der Waals surface area contributed by atoms with Crippen LogP contribution in [0.15, 0.2) is 18.3 Å². The zero-order chi connectivity index (χ0) is 25.4. The molecule has 1 amide bonds. The summed E-state index contributed by atoms with van der Waals surface area (Å²) in [6.45, 7) is 0. The Labute approximate surface area is 223 Å². The average molecular weight is 553 g/mol. The zero-order valence-electron chi connectivity index (χ0n) is 19.6. The fourth-order valence-electron chi connectivity index (χ4n) is 5.26. The molecule has 192 valence electrons. The van der Waals surface area contributed by atoms with Crippen molar-refractivity contribution in [1.29, 1.82) is 0 Å². The maximum absolute atomic E-state index is 11.7. The van der Waals surface area contributed by atoms with E-state index < -0.39 is 0 Å². The van der Waals surface area contributed by atoms with Crippen molar-refractivity contribution in [1.82, 2.24) is 19.5 Å². The number of amides is 1. The second-order valence-corrected chi connectivity index (χ2v) is 10.9. The number of aliphatic hydroxyl groups excluding tert-OH is 1. The molecular formula is C24H28Cl3N7O2. The number of rotatable bonds is 6. The second-order valence-electron chi connectivity index (χ2n) is 9.65. The lowest BCUT2D eigenvalue weighted by molar-refractivity contribution is -0.122. The first-order valence-corrected chi connectivity index (χ1v) is 13.3. The van der Waals surface area contributed by atoms with E-state index in [1.54, 1.807) is 18.3 Å². The molecule has 12 heteroatoms. The Hall–Kier alpha value is -2.33. The molecule has 36 heavy (non-hydrogen) atoms. The molecule has 0 unspecified atom stereocenters. The first-order chi connectivity index (χ1) is 17.3. The fraction of sp³-hybridized carbons (Fsp3) is 0.500. The summed E-state index contributed by atoms with van der Waals surface area (Å²) < 4.78 is 2.04. The maximum atomic E-state index is 11.7. The third-order valence-electron chi connectivity index (χ3n) is 7.12. The highest BCUT2D eigenvalue weighted by Gasteiger charge is 2.30. The number of hydrogen-bond acceptors (Lipinski definition) is 7. The highest BCUT2D eigenvalue weighted by Crippen LogP contribution is 2.40. The van der Waals surface area contributed by atoms with Crippen molar-refractivity contribution in [3.05, 3.63) is 33.4 Å². The molecule has 5 N–H and O–H groups in total. The standard InChI is InChI=1S/C24H28Cl3N7O2/c25-13-8-17(26)20(18(27)9-13)32-24-31-19-11-29-23(30-14-2-1-3-16(35)10-14)33-22(19)34(24)15-6-4-12(5-7-15)21(28)36/h8-9,11-12,14-16,35H,1-7,10H2,(H2,28,36)(H,31,32)(H,29,30,33)/t12?,14-,15?,16+/m1/s1. The number of primary amides is 1. The van der Waals surface area contributed by atoms with E-state index in [-0.39, 0.29) is 30.0 Å². The highest BCUT2D eigenvalue weighted by molar-refractivity contribution is 6.41. The summed E-state index contributed by atoms with van der Waals surface area (Å²) in [4.78, 5) is 25.8. The smallest absolute Gasteiger partial charge is 0.224 e. The number of nitrogens with two attached hydrogens (primary N) is 1. The third kappa shape index (κ3) is 5.34. The molecular weight excluding hydrogens is 525 g/mol. The zero-order valence-corrected chi connectivity index (χ0v) is 21.8. The Morgan fingerprint density at radius 2 is 1.78 bits per heavy atom. The van der Waals surface area contributed by atoms with Gasteiger partial charge in [0.1, 0.15) is 5.52 Å². The number of nitrogens with zero attached hydrogens (tertiary/aromatic N) is 4. The summed E-state index contributed by atoms with van der Waals surface area (Å²) in [7, 11) is 0. The van der Waals surface area contributed by atoms with E-state index in [1.165, 1.54) is 0 Å². The number of hydrogen-bond donors (Lipinski definition) is 4. The lowest BCUT2D eigenvalue weighted by Crippen LogP contribution is -2.30. The molecule has 2 heterocycles. The predicted octanol–water partition coefficient (Wildman–Crippen LogP) is 5.46. The summed E-state index contributed by atoms with van der Waals surface area (Å²) in [6, 6.07) is 3.38. The number of nitrogens with one attached hydrogen (secondary N) is 2. The van der Waals surface area contributed by atoms with Gasteiger partial charge >= 0.3 is 0 Å². The molecule has 2 aliphatic carbocycles. The van der Waals surface area contributed by atoms with Crippen LogP contribution in [0, 0.1) is 5.92 Å². The van der Waals surface area contributed by atoms with Gasteiger partial charge in [-0.15, -0.1) is 0 Å². The van der Waals surface area contributed by atoms with Crippen molar-refractivity contribution in [2.24, 2.45) is 11.7 Å². The van der Waals surface area contributed by atoms with Gasteiger partial charge in [0.25, 0.3) is 0 Å². The molecule has 1 aromatic carbocycles. The summed E-state index contributed by atoms with van der Waals surface area (Å²) in [6.07, 6.45) is 7.65. The normalized spacial score (nSPS) is 24.6. The quantitative estimate of drug-likeness (QED) is 0.319. The first kappa shape index (κ1) is 25.3. The van der Waals surface area contributed by atoms with Crippen LogP contribution in [0.3, 0.4) is 0 Å². The van der Waals surface area contributed by atoms with Crippen LogP contribution in [0.25, 0.3) is 11.2 Å². The van der Waals surface area contributed by atoms with E-state index in [2.05, 4.69) is 15.6 Å². The minimum absolute atomic E-state index is 0.0391. The lowest BCUT2D eigenvalue weighted by atomic mass is 9.85. The topological polar surface area (TPSA) is 131 Å². The van der Waals surface area contributed by atoms with Gasteiger partial charge in [0.05, 0.1) is 28.0 Å². The van der Waals surface area contributed by atoms with Crippen LogP contribution in [0.1, 0.15) is 57.4 Å². The number of halogens is 3. The predicted molar refractivity (Wildman–Crippen MR) is 142 cm³/mol. The molecule has 2 atom stereocenters. The summed E-state index contributed by atoms with van der Waals surface area (Å²) in [5, 5.41) is 17.9. The molecule has 0 bridgehead atoms. The van der Waals surface area contributed by atoms with Crippen molar-refractivity contribution in [3.63, 3.8) is 0 Å². The largest absolute Gasteiger partial charge is 0.393 e. The van der Waals surface area contributed by atoms with Crippen LogP contribution in [-0.4, -0.2) is 42.7 Å². The first-order valence-electron chi connectivity index (χ1n) is 12.2. The van der Waals surface area contributed by atoms with Crippen molar-refractivity contribution >= 4 is 69.5 Å². The molecule has 2 aromatic heterocycles. The van der Waals surface area contributed by atoms with Crippen LogP contribution in [-0.2, 0) is 4.79 Å². The minimum Gasteiger partial charge on any atom is -0.393 e. The van der Waals surface area contributed by atoms with Crippen LogP contribution in [0.2, 0.25) is 15.1 Å². The molecule has 2 fully saturated rings. The summed E-state index contributed by atoms with van der Waals surface area (Å²) >= 11 is 19.0. The Morgan fingerprint density at radius 1 is 1.06 bits per heavy atom. The van der Waals surface area contributed by atoms with E-state index in [0.717, 1.165) is 32.1 Å². The minimum atomic E-state index is -0.310. The number of fused-ring (bicyclic) bond motifs is 1. The number of carbonyl (C=O) groups excluding carboxylic acids is 1. The van der Waals surface area contributed by atoms with Gasteiger partial charge in [-0.1, -0.05) is 34.8 Å². The van der Waals surface area contributed by atoms with Gasteiger partial charge < -0.3 is 21.5 Å². The van der Waals surface area contributed by atoms with Crippen LogP contribution in [0.5, 0.6) is 0 Å². The van der Waals surface area contributed by atoms with E-state index in [1.807, 2.05) is 4.57 Å². The molecule has 2 aliphatic rings. The Morgan fingerprint density at radius 3 is 2.44 bits per heavy atom. The van der Waals surface area contributed by atoms with Gasteiger partial charge in [-0.05, 0) is 63.5 Å².